The number of fused-ring (bicyclic) bond motifs is 1. The molecule has 1 aliphatic rings. The number of Topliss-reactive ketones (excluding diaryl/α,β-unsaturated/α-hetero) is 1. The van der Waals surface area contributed by atoms with Crippen molar-refractivity contribution in [3.63, 3.8) is 0 Å². The molecule has 0 fully saturated rings. The van der Waals surface area contributed by atoms with Crippen LogP contribution in [0.4, 0.5) is 10.1 Å². The molecule has 1 aromatic carbocycles. The Morgan fingerprint density at radius 2 is 2.12 bits per heavy atom. The van der Waals surface area contributed by atoms with Crippen LogP contribution in [0.1, 0.15) is 17.3 Å². The summed E-state index contributed by atoms with van der Waals surface area (Å²) in [5.41, 5.74) is 0.590. The number of anilines is 1. The van der Waals surface area contributed by atoms with Crippen LogP contribution in [-0.2, 0) is 9.53 Å². The lowest BCUT2D eigenvalue weighted by molar-refractivity contribution is -0.114. The number of rotatable bonds is 4. The van der Waals surface area contributed by atoms with Crippen LogP contribution in [0, 0.1) is 5.82 Å². The monoisotopic (exact) mass is 237 g/mol. The lowest BCUT2D eigenvalue weighted by atomic mass is 10.1. The molecule has 0 atom stereocenters. The zero-order valence-electron chi connectivity index (χ0n) is 9.40. The molecular formula is C12H12FNO3. The van der Waals surface area contributed by atoms with Crippen LogP contribution in [0.25, 0.3) is 0 Å². The number of halogens is 1. The van der Waals surface area contributed by atoms with Gasteiger partial charge in [0.05, 0.1) is 17.9 Å². The van der Waals surface area contributed by atoms with E-state index in [0.717, 1.165) is 0 Å². The molecule has 4 nitrogen and oxygen atoms in total. The summed E-state index contributed by atoms with van der Waals surface area (Å²) < 4.78 is 18.2. The minimum atomic E-state index is -0.620. The smallest absolute Gasteiger partial charge is 0.299 e. The minimum Gasteiger partial charge on any atom is -0.380 e. The lowest BCUT2D eigenvalue weighted by Crippen LogP contribution is -2.32. The number of hydrogen-bond donors (Lipinski definition) is 0. The summed E-state index contributed by atoms with van der Waals surface area (Å²) in [4.78, 5) is 24.5. The standard InChI is InChI=1S/C12H12FNO3/c1-2-17-6-5-14-10-7-8(13)3-4-9(10)11(15)12(14)16/h3-4,7H,2,5-6H2,1H3. The highest BCUT2D eigenvalue weighted by molar-refractivity contribution is 6.52. The third-order valence-corrected chi connectivity index (χ3v) is 2.60. The van der Waals surface area contributed by atoms with Crippen molar-refractivity contribution in [2.75, 3.05) is 24.7 Å². The zero-order valence-corrected chi connectivity index (χ0v) is 9.40. The van der Waals surface area contributed by atoms with Gasteiger partial charge in [-0.05, 0) is 25.1 Å². The average molecular weight is 237 g/mol. The minimum absolute atomic E-state index is 0.257. The fourth-order valence-corrected chi connectivity index (χ4v) is 1.79. The number of ether oxygens (including phenoxy) is 1. The second-order valence-corrected chi connectivity index (χ2v) is 3.64. The Kier molecular flexibility index (Phi) is 3.19. The second kappa shape index (κ2) is 4.63. The predicted molar refractivity (Wildman–Crippen MR) is 59.6 cm³/mol. The van der Waals surface area contributed by atoms with Gasteiger partial charge in [0.15, 0.2) is 0 Å². The molecule has 1 aliphatic heterocycles. The van der Waals surface area contributed by atoms with Crippen molar-refractivity contribution in [2.24, 2.45) is 0 Å². The van der Waals surface area contributed by atoms with E-state index in [1.54, 1.807) is 0 Å². The van der Waals surface area contributed by atoms with Crippen molar-refractivity contribution in [3.8, 4) is 0 Å². The SMILES string of the molecule is CCOCCN1C(=O)C(=O)c2ccc(F)cc21. The lowest BCUT2D eigenvalue weighted by Gasteiger charge is -2.15. The van der Waals surface area contributed by atoms with Crippen LogP contribution in [0.5, 0.6) is 0 Å². The van der Waals surface area contributed by atoms with Crippen molar-refractivity contribution in [1.82, 2.24) is 0 Å². The van der Waals surface area contributed by atoms with Crippen LogP contribution in [0.15, 0.2) is 18.2 Å². The Morgan fingerprint density at radius 1 is 1.35 bits per heavy atom. The largest absolute Gasteiger partial charge is 0.380 e. The van der Waals surface area contributed by atoms with Crippen molar-refractivity contribution in [3.05, 3.63) is 29.6 Å². The van der Waals surface area contributed by atoms with Gasteiger partial charge in [0.2, 0.25) is 0 Å². The van der Waals surface area contributed by atoms with Crippen molar-refractivity contribution in [2.45, 2.75) is 6.92 Å². The maximum Gasteiger partial charge on any atom is 0.299 e. The summed E-state index contributed by atoms with van der Waals surface area (Å²) in [6.07, 6.45) is 0. The van der Waals surface area contributed by atoms with E-state index in [-0.39, 0.29) is 12.1 Å². The first kappa shape index (κ1) is 11.7. The van der Waals surface area contributed by atoms with Crippen LogP contribution in [-0.4, -0.2) is 31.4 Å². The van der Waals surface area contributed by atoms with Crippen molar-refractivity contribution in [1.29, 1.82) is 0 Å². The van der Waals surface area contributed by atoms with Crippen LogP contribution < -0.4 is 4.90 Å². The van der Waals surface area contributed by atoms with E-state index in [1.807, 2.05) is 6.92 Å². The quantitative estimate of drug-likeness (QED) is 0.587. The molecule has 0 aromatic heterocycles. The Labute approximate surface area is 98.0 Å². The number of amides is 1. The van der Waals surface area contributed by atoms with Gasteiger partial charge in [0.25, 0.3) is 11.7 Å². The Morgan fingerprint density at radius 3 is 2.82 bits per heavy atom. The number of ketones is 1. The Balaban J connectivity index is 2.26. The molecule has 5 heteroatoms. The fourth-order valence-electron chi connectivity index (χ4n) is 1.79. The average Bonchev–Trinajstić information content (AvgIpc) is 2.54. The van der Waals surface area contributed by atoms with Crippen LogP contribution >= 0.6 is 0 Å². The third kappa shape index (κ3) is 2.06. The van der Waals surface area contributed by atoms with E-state index in [1.165, 1.54) is 23.1 Å². The maximum absolute atomic E-state index is 13.1. The summed E-state index contributed by atoms with van der Waals surface area (Å²) in [6.45, 7) is 2.96. The predicted octanol–water partition coefficient (Wildman–Crippen LogP) is 1.39. The number of carbonyl (C=O) groups is 2. The van der Waals surface area contributed by atoms with Gasteiger partial charge < -0.3 is 9.64 Å². The molecule has 0 radical (unpaired) electrons. The highest BCUT2D eigenvalue weighted by Crippen LogP contribution is 2.29. The van der Waals surface area contributed by atoms with E-state index >= 15 is 0 Å². The molecule has 0 N–H and O–H groups in total. The molecule has 2 rings (SSSR count). The van der Waals surface area contributed by atoms with Crippen molar-refractivity contribution < 1.29 is 18.7 Å². The van der Waals surface area contributed by atoms with E-state index in [0.29, 0.717) is 18.9 Å². The number of carbonyl (C=O) groups excluding carboxylic acids is 2. The highest BCUT2D eigenvalue weighted by Gasteiger charge is 2.35. The van der Waals surface area contributed by atoms with Gasteiger partial charge in [-0.3, -0.25) is 9.59 Å². The number of hydrogen-bond acceptors (Lipinski definition) is 3. The summed E-state index contributed by atoms with van der Waals surface area (Å²) in [6, 6.07) is 3.71. The van der Waals surface area contributed by atoms with Gasteiger partial charge >= 0.3 is 0 Å². The van der Waals surface area contributed by atoms with E-state index in [2.05, 4.69) is 0 Å². The molecule has 17 heavy (non-hydrogen) atoms. The second-order valence-electron chi connectivity index (χ2n) is 3.64. The van der Waals surface area contributed by atoms with E-state index in [9.17, 15) is 14.0 Å². The van der Waals surface area contributed by atoms with Gasteiger partial charge in [0, 0.05) is 13.2 Å². The third-order valence-electron chi connectivity index (χ3n) is 2.60. The number of benzene rings is 1. The molecule has 0 spiro atoms. The molecule has 0 aliphatic carbocycles. The maximum atomic E-state index is 13.1. The molecule has 1 aromatic rings. The molecular weight excluding hydrogens is 225 g/mol. The first-order valence-electron chi connectivity index (χ1n) is 5.38. The highest BCUT2D eigenvalue weighted by atomic mass is 19.1. The molecule has 0 bridgehead atoms. The van der Waals surface area contributed by atoms with E-state index in [4.69, 9.17) is 4.74 Å². The van der Waals surface area contributed by atoms with Crippen LogP contribution in [0.3, 0.4) is 0 Å². The molecule has 1 amide bonds. The van der Waals surface area contributed by atoms with Gasteiger partial charge in [-0.1, -0.05) is 0 Å². The normalized spacial score (nSPS) is 14.4. The summed E-state index contributed by atoms with van der Waals surface area (Å²) in [5, 5.41) is 0. The zero-order chi connectivity index (χ0) is 12.4. The van der Waals surface area contributed by atoms with Crippen LogP contribution in [0.2, 0.25) is 0 Å². The van der Waals surface area contributed by atoms with Gasteiger partial charge in [-0.25, -0.2) is 4.39 Å². The van der Waals surface area contributed by atoms with Crippen molar-refractivity contribution >= 4 is 17.4 Å². The van der Waals surface area contributed by atoms with Gasteiger partial charge in [-0.2, -0.15) is 0 Å². The molecule has 0 unspecified atom stereocenters. The first-order chi connectivity index (χ1) is 8.15. The first-order valence-corrected chi connectivity index (χ1v) is 5.38. The number of nitrogens with zero attached hydrogens (tertiary/aromatic N) is 1. The molecule has 90 valence electrons. The Hall–Kier alpha value is -1.75. The topological polar surface area (TPSA) is 46.6 Å². The van der Waals surface area contributed by atoms with Gasteiger partial charge in [-0.15, -0.1) is 0 Å². The molecule has 0 saturated heterocycles. The summed E-state index contributed by atoms with van der Waals surface area (Å²) in [7, 11) is 0. The van der Waals surface area contributed by atoms with Gasteiger partial charge in [0.1, 0.15) is 5.82 Å². The molecule has 0 saturated carbocycles. The summed E-state index contributed by atoms with van der Waals surface area (Å²) >= 11 is 0. The fraction of sp³-hybridized carbons (Fsp3) is 0.333. The molecule has 1 heterocycles. The summed E-state index contributed by atoms with van der Waals surface area (Å²) in [5.74, 6) is -1.67. The van der Waals surface area contributed by atoms with E-state index < -0.39 is 17.5 Å². The Bertz CT molecular complexity index is 473.